The second kappa shape index (κ2) is 3.55. The zero-order chi connectivity index (χ0) is 12.7. The van der Waals surface area contributed by atoms with Gasteiger partial charge in [0.25, 0.3) is 0 Å². The first-order valence-corrected chi connectivity index (χ1v) is 8.30. The summed E-state index contributed by atoms with van der Waals surface area (Å²) in [4.78, 5) is 12.6. The first-order chi connectivity index (χ1) is 9.24. The number of hydrogen-bond acceptors (Lipinski definition) is 2. The van der Waals surface area contributed by atoms with Crippen LogP contribution < -0.4 is 11.1 Å². The molecule has 1 amide bonds. The van der Waals surface area contributed by atoms with Crippen LogP contribution in [0.4, 0.5) is 0 Å². The molecule has 19 heavy (non-hydrogen) atoms. The Morgan fingerprint density at radius 1 is 0.895 bits per heavy atom. The van der Waals surface area contributed by atoms with E-state index in [0.29, 0.717) is 23.8 Å². The zero-order valence-electron chi connectivity index (χ0n) is 11.4. The molecule has 5 saturated carbocycles. The number of hydrogen-bond donors (Lipinski definition) is 2. The topological polar surface area (TPSA) is 55.1 Å². The largest absolute Gasteiger partial charge is 0.352 e. The highest BCUT2D eigenvalue weighted by Crippen LogP contribution is 2.65. The van der Waals surface area contributed by atoms with Crippen molar-refractivity contribution in [3.05, 3.63) is 0 Å². The van der Waals surface area contributed by atoms with E-state index in [1.165, 1.54) is 38.5 Å². The fraction of sp³-hybridized carbons (Fsp3) is 0.938. The summed E-state index contributed by atoms with van der Waals surface area (Å²) in [5.74, 6) is 5.24. The second-order valence-electron chi connectivity index (χ2n) is 7.96. The molecule has 0 radical (unpaired) electrons. The molecular weight excluding hydrogens is 236 g/mol. The van der Waals surface area contributed by atoms with Gasteiger partial charge in [-0.05, 0) is 74.0 Å². The van der Waals surface area contributed by atoms with E-state index in [1.807, 2.05) is 0 Å². The summed E-state index contributed by atoms with van der Waals surface area (Å²) in [7, 11) is 0. The number of carbonyl (C=O) groups excluding carboxylic acids is 1. The average Bonchev–Trinajstić information content (AvgIpc) is 2.91. The maximum Gasteiger partial charge on any atom is 0.225 e. The van der Waals surface area contributed by atoms with Gasteiger partial charge in [0.05, 0.1) is 5.92 Å². The molecule has 3 nitrogen and oxygen atoms in total. The maximum atomic E-state index is 12.6. The molecule has 5 rings (SSSR count). The Kier molecular flexibility index (Phi) is 2.08. The third-order valence-electron chi connectivity index (χ3n) is 7.33. The van der Waals surface area contributed by atoms with Crippen LogP contribution in [-0.2, 0) is 4.79 Å². The molecule has 3 heteroatoms. The van der Waals surface area contributed by atoms with Crippen molar-refractivity contribution in [3.63, 3.8) is 0 Å². The molecule has 3 N–H and O–H groups in total. The number of nitrogens with one attached hydrogen (secondary N) is 1. The lowest BCUT2D eigenvalue weighted by atomic mass is 9.84. The van der Waals surface area contributed by atoms with Gasteiger partial charge < -0.3 is 11.1 Å². The number of carbonyl (C=O) groups is 1. The molecule has 0 aromatic carbocycles. The zero-order valence-corrected chi connectivity index (χ0v) is 11.4. The van der Waals surface area contributed by atoms with Gasteiger partial charge in [0.1, 0.15) is 0 Å². The monoisotopic (exact) mass is 260 g/mol. The number of nitrogens with two attached hydrogens (primary N) is 1. The minimum Gasteiger partial charge on any atom is -0.352 e. The van der Waals surface area contributed by atoms with E-state index in [0.717, 1.165) is 23.7 Å². The van der Waals surface area contributed by atoms with Crippen LogP contribution >= 0.6 is 0 Å². The molecule has 4 bridgehead atoms. The maximum absolute atomic E-state index is 12.6. The minimum absolute atomic E-state index is 0.137. The van der Waals surface area contributed by atoms with Gasteiger partial charge >= 0.3 is 0 Å². The summed E-state index contributed by atoms with van der Waals surface area (Å²) in [5, 5.41) is 3.40. The van der Waals surface area contributed by atoms with Crippen molar-refractivity contribution >= 4 is 5.91 Å². The fourth-order valence-corrected chi connectivity index (χ4v) is 6.50. The van der Waals surface area contributed by atoms with Crippen LogP contribution in [0.2, 0.25) is 0 Å². The minimum atomic E-state index is 0.137. The highest BCUT2D eigenvalue weighted by molar-refractivity contribution is 5.81. The molecule has 5 aliphatic rings. The molecule has 8 unspecified atom stereocenters. The van der Waals surface area contributed by atoms with Crippen LogP contribution in [-0.4, -0.2) is 18.0 Å². The molecule has 0 heterocycles. The summed E-state index contributed by atoms with van der Waals surface area (Å²) >= 11 is 0. The smallest absolute Gasteiger partial charge is 0.225 e. The molecule has 0 saturated heterocycles. The Bertz CT molecular complexity index is 418. The molecule has 0 spiro atoms. The van der Waals surface area contributed by atoms with E-state index >= 15 is 0 Å². The van der Waals surface area contributed by atoms with Gasteiger partial charge in [0, 0.05) is 12.1 Å². The number of amides is 1. The van der Waals surface area contributed by atoms with Crippen LogP contribution in [0.5, 0.6) is 0 Å². The molecule has 104 valence electrons. The van der Waals surface area contributed by atoms with Crippen LogP contribution in [0.1, 0.15) is 38.5 Å². The summed E-state index contributed by atoms with van der Waals surface area (Å²) in [6.07, 6.45) is 8.00. The lowest BCUT2D eigenvalue weighted by Gasteiger charge is -2.27. The molecule has 0 aliphatic heterocycles. The third kappa shape index (κ3) is 1.35. The van der Waals surface area contributed by atoms with Crippen molar-refractivity contribution in [2.45, 2.75) is 50.6 Å². The van der Waals surface area contributed by atoms with Crippen LogP contribution in [0.3, 0.4) is 0 Å². The Morgan fingerprint density at radius 2 is 1.47 bits per heavy atom. The summed E-state index contributed by atoms with van der Waals surface area (Å²) in [6.45, 7) is 0. The van der Waals surface area contributed by atoms with Gasteiger partial charge in [-0.15, -0.1) is 0 Å². The van der Waals surface area contributed by atoms with Crippen molar-refractivity contribution in [1.29, 1.82) is 0 Å². The lowest BCUT2D eigenvalue weighted by molar-refractivity contribution is -0.127. The molecule has 0 aromatic rings. The molecule has 0 aromatic heterocycles. The Balaban J connectivity index is 1.27. The van der Waals surface area contributed by atoms with Crippen LogP contribution in [0.25, 0.3) is 0 Å². The third-order valence-corrected chi connectivity index (χ3v) is 7.33. The Morgan fingerprint density at radius 3 is 2.11 bits per heavy atom. The Hall–Kier alpha value is -0.570. The van der Waals surface area contributed by atoms with Crippen LogP contribution in [0.15, 0.2) is 0 Å². The summed E-state index contributed by atoms with van der Waals surface area (Å²) in [6, 6.07) is 0.680. The molecule has 5 fully saturated rings. The molecule has 5 aliphatic carbocycles. The second-order valence-corrected chi connectivity index (χ2v) is 7.96. The van der Waals surface area contributed by atoms with Crippen molar-refractivity contribution in [1.82, 2.24) is 5.32 Å². The predicted molar refractivity (Wildman–Crippen MR) is 72.0 cm³/mol. The van der Waals surface area contributed by atoms with E-state index in [4.69, 9.17) is 5.73 Å². The van der Waals surface area contributed by atoms with E-state index in [-0.39, 0.29) is 12.0 Å². The van der Waals surface area contributed by atoms with Gasteiger partial charge in [-0.25, -0.2) is 0 Å². The first kappa shape index (κ1) is 11.1. The van der Waals surface area contributed by atoms with Gasteiger partial charge in [-0.1, -0.05) is 0 Å². The van der Waals surface area contributed by atoms with E-state index in [2.05, 4.69) is 5.32 Å². The van der Waals surface area contributed by atoms with E-state index in [1.54, 1.807) is 0 Å². The lowest BCUT2D eigenvalue weighted by Crippen LogP contribution is -2.46. The summed E-state index contributed by atoms with van der Waals surface area (Å²) < 4.78 is 0. The van der Waals surface area contributed by atoms with Crippen LogP contribution in [0, 0.1) is 41.4 Å². The van der Waals surface area contributed by atoms with Gasteiger partial charge in [-0.2, -0.15) is 0 Å². The average molecular weight is 260 g/mol. The molecular formula is C16H24N2O. The van der Waals surface area contributed by atoms with Crippen molar-refractivity contribution in [2.75, 3.05) is 0 Å². The Labute approximate surface area is 114 Å². The quantitative estimate of drug-likeness (QED) is 0.791. The van der Waals surface area contributed by atoms with Crippen molar-refractivity contribution in [2.24, 2.45) is 47.2 Å². The molecule has 8 atom stereocenters. The van der Waals surface area contributed by atoms with Gasteiger partial charge in [-0.3, -0.25) is 4.79 Å². The predicted octanol–water partition coefficient (Wildman–Crippen LogP) is 1.52. The van der Waals surface area contributed by atoms with E-state index in [9.17, 15) is 4.79 Å². The van der Waals surface area contributed by atoms with Crippen molar-refractivity contribution in [3.8, 4) is 0 Å². The highest BCUT2D eigenvalue weighted by Gasteiger charge is 2.65. The highest BCUT2D eigenvalue weighted by atomic mass is 16.2. The van der Waals surface area contributed by atoms with Gasteiger partial charge in [0.2, 0.25) is 5.91 Å². The first-order valence-electron chi connectivity index (χ1n) is 8.30. The normalized spacial score (nSPS) is 60.4. The fourth-order valence-electron chi connectivity index (χ4n) is 6.50. The van der Waals surface area contributed by atoms with Gasteiger partial charge in [0.15, 0.2) is 0 Å². The standard InChI is InChI=1S/C16H24N2O/c17-14-10-4-3-9(6-10)13(14)16(19)18-15-11-7-1-2-8(5-7)12(11)15/h7-15H,1-6,17H2,(H,18,19). The number of fused-ring (bicyclic) bond motifs is 7. The SMILES string of the molecule is NC1C2CCC(C2)C1C(=O)NC1C2C3CCC(C3)C12. The van der Waals surface area contributed by atoms with Crippen molar-refractivity contribution < 1.29 is 4.79 Å². The number of rotatable bonds is 2. The summed E-state index contributed by atoms with van der Waals surface area (Å²) in [5.41, 5.74) is 6.28. The van der Waals surface area contributed by atoms with E-state index < -0.39 is 0 Å².